The van der Waals surface area contributed by atoms with Crippen LogP contribution in [0, 0.1) is 0 Å². The van der Waals surface area contributed by atoms with Gasteiger partial charge in [0.2, 0.25) is 0 Å². The Kier molecular flexibility index (Phi) is 8.84. The molecule has 21 heavy (non-hydrogen) atoms. The summed E-state index contributed by atoms with van der Waals surface area (Å²) in [4.78, 5) is 33.5. The summed E-state index contributed by atoms with van der Waals surface area (Å²) in [6.45, 7) is 9.12. The van der Waals surface area contributed by atoms with Crippen molar-refractivity contribution >= 4 is 18.5 Å². The third kappa shape index (κ3) is 11.5. The van der Waals surface area contributed by atoms with Gasteiger partial charge in [0.15, 0.2) is 0 Å². The number of carbonyl (C=O) groups is 3. The number of ether oxygens (including phenoxy) is 2. The molecule has 0 radical (unpaired) electrons. The summed E-state index contributed by atoms with van der Waals surface area (Å²) in [5, 5.41) is 4.98. The molecule has 2 N–H and O–H groups in total. The summed E-state index contributed by atoms with van der Waals surface area (Å²) in [6, 6.07) is -0.647. The van der Waals surface area contributed by atoms with Crippen LogP contribution in [0.2, 0.25) is 0 Å². The molecule has 0 rings (SSSR count). The Bertz CT molecular complexity index is 363. The molecule has 0 aliphatic heterocycles. The molecule has 0 aromatic carbocycles. The lowest BCUT2D eigenvalue weighted by Gasteiger charge is -2.21. The van der Waals surface area contributed by atoms with Crippen molar-refractivity contribution in [1.82, 2.24) is 10.6 Å². The van der Waals surface area contributed by atoms with Gasteiger partial charge in [-0.3, -0.25) is 0 Å². The van der Waals surface area contributed by atoms with Crippen LogP contribution in [-0.2, 0) is 14.3 Å². The molecule has 120 valence electrons. The number of aldehydes is 1. The van der Waals surface area contributed by atoms with E-state index >= 15 is 0 Å². The summed E-state index contributed by atoms with van der Waals surface area (Å²) in [6.07, 6.45) is 1.83. The van der Waals surface area contributed by atoms with E-state index in [-0.39, 0.29) is 6.61 Å². The van der Waals surface area contributed by atoms with Crippen molar-refractivity contribution < 1.29 is 23.9 Å². The monoisotopic (exact) mass is 300 g/mol. The molecule has 0 fully saturated rings. The van der Waals surface area contributed by atoms with Crippen LogP contribution in [0.5, 0.6) is 0 Å². The zero-order chi connectivity index (χ0) is 16.3. The minimum absolute atomic E-state index is 0.142. The highest BCUT2D eigenvalue weighted by Gasteiger charge is 2.18. The molecule has 0 bridgehead atoms. The highest BCUT2D eigenvalue weighted by Crippen LogP contribution is 2.07. The molecule has 0 aliphatic carbocycles. The molecule has 0 aromatic heterocycles. The van der Waals surface area contributed by atoms with Gasteiger partial charge < -0.3 is 24.9 Å². The van der Waals surface area contributed by atoms with Crippen molar-refractivity contribution in [3.8, 4) is 0 Å². The standard InChI is InChI=1S/C14H24N2O5/c1-5-9-20-12(18)15-8-6-7-11(10-17)16-13(19)21-14(2,3)4/h5,10-11H,1,6-9H2,2-4H3,(H,15,18)(H,16,19)/t11-/m0/s1. The third-order valence-electron chi connectivity index (χ3n) is 2.16. The van der Waals surface area contributed by atoms with Crippen LogP contribution in [0.1, 0.15) is 33.6 Å². The topological polar surface area (TPSA) is 93.7 Å². The Labute approximate surface area is 125 Å². The van der Waals surface area contributed by atoms with Crippen LogP contribution in [-0.4, -0.2) is 43.3 Å². The third-order valence-corrected chi connectivity index (χ3v) is 2.16. The van der Waals surface area contributed by atoms with Crippen LogP contribution < -0.4 is 10.6 Å². The smallest absolute Gasteiger partial charge is 0.408 e. The number of nitrogens with one attached hydrogen (secondary N) is 2. The minimum atomic E-state index is -0.647. The second-order valence-electron chi connectivity index (χ2n) is 5.34. The van der Waals surface area contributed by atoms with Gasteiger partial charge in [0, 0.05) is 6.54 Å². The summed E-state index contributed by atoms with van der Waals surface area (Å²) < 4.78 is 9.77. The maximum Gasteiger partial charge on any atom is 0.408 e. The molecular weight excluding hydrogens is 276 g/mol. The van der Waals surface area contributed by atoms with E-state index in [2.05, 4.69) is 17.2 Å². The average molecular weight is 300 g/mol. The molecule has 7 nitrogen and oxygen atoms in total. The first-order valence-corrected chi connectivity index (χ1v) is 6.75. The maximum absolute atomic E-state index is 11.5. The van der Waals surface area contributed by atoms with E-state index in [0.29, 0.717) is 25.7 Å². The lowest BCUT2D eigenvalue weighted by Crippen LogP contribution is -2.40. The number of hydrogen-bond acceptors (Lipinski definition) is 5. The lowest BCUT2D eigenvalue weighted by molar-refractivity contribution is -0.109. The second-order valence-corrected chi connectivity index (χ2v) is 5.34. The van der Waals surface area contributed by atoms with Gasteiger partial charge in [-0.25, -0.2) is 9.59 Å². The van der Waals surface area contributed by atoms with Crippen molar-refractivity contribution in [2.75, 3.05) is 13.2 Å². The van der Waals surface area contributed by atoms with Gasteiger partial charge in [0.05, 0.1) is 6.04 Å². The zero-order valence-electron chi connectivity index (χ0n) is 12.8. The number of carbonyl (C=O) groups excluding carboxylic acids is 3. The van der Waals surface area contributed by atoms with Crippen molar-refractivity contribution in [3.05, 3.63) is 12.7 Å². The fourth-order valence-electron chi connectivity index (χ4n) is 1.33. The average Bonchev–Trinajstić information content (AvgIpc) is 2.37. The van der Waals surface area contributed by atoms with E-state index in [1.54, 1.807) is 20.8 Å². The summed E-state index contributed by atoms with van der Waals surface area (Å²) in [7, 11) is 0. The van der Waals surface area contributed by atoms with E-state index in [0.717, 1.165) is 0 Å². The van der Waals surface area contributed by atoms with Crippen LogP contribution in [0.4, 0.5) is 9.59 Å². The molecular formula is C14H24N2O5. The Hall–Kier alpha value is -2.05. The highest BCUT2D eigenvalue weighted by molar-refractivity contribution is 5.73. The van der Waals surface area contributed by atoms with Crippen LogP contribution in [0.15, 0.2) is 12.7 Å². The van der Waals surface area contributed by atoms with Crippen LogP contribution in [0.3, 0.4) is 0 Å². The Morgan fingerprint density at radius 2 is 1.95 bits per heavy atom. The predicted molar refractivity (Wildman–Crippen MR) is 78.0 cm³/mol. The fourth-order valence-corrected chi connectivity index (χ4v) is 1.33. The Morgan fingerprint density at radius 3 is 2.48 bits per heavy atom. The second kappa shape index (κ2) is 9.79. The van der Waals surface area contributed by atoms with Crippen molar-refractivity contribution in [2.45, 2.75) is 45.3 Å². The Balaban J connectivity index is 3.90. The summed E-state index contributed by atoms with van der Waals surface area (Å²) in [5.41, 5.74) is -0.617. The first kappa shape index (κ1) is 18.9. The molecule has 0 unspecified atom stereocenters. The molecule has 2 amide bonds. The van der Waals surface area contributed by atoms with Gasteiger partial charge >= 0.3 is 12.2 Å². The van der Waals surface area contributed by atoms with Gasteiger partial charge in [-0.05, 0) is 33.6 Å². The summed E-state index contributed by atoms with van der Waals surface area (Å²) >= 11 is 0. The maximum atomic E-state index is 11.5. The van der Waals surface area contributed by atoms with Crippen LogP contribution in [0.25, 0.3) is 0 Å². The normalized spacial score (nSPS) is 12.0. The van der Waals surface area contributed by atoms with E-state index in [9.17, 15) is 14.4 Å². The number of rotatable bonds is 8. The van der Waals surface area contributed by atoms with Gasteiger partial charge in [-0.2, -0.15) is 0 Å². The van der Waals surface area contributed by atoms with Crippen molar-refractivity contribution in [3.63, 3.8) is 0 Å². The molecule has 0 spiro atoms. The van der Waals surface area contributed by atoms with Gasteiger partial charge in [0.25, 0.3) is 0 Å². The van der Waals surface area contributed by atoms with Crippen LogP contribution >= 0.6 is 0 Å². The molecule has 1 atom stereocenters. The number of alkyl carbamates (subject to hydrolysis) is 2. The van der Waals surface area contributed by atoms with Gasteiger partial charge in [-0.1, -0.05) is 12.7 Å². The molecule has 0 aromatic rings. The number of hydrogen-bond donors (Lipinski definition) is 2. The van der Waals surface area contributed by atoms with E-state index in [4.69, 9.17) is 9.47 Å². The SMILES string of the molecule is C=CCOC(=O)NCCC[C@@H](C=O)NC(=O)OC(C)(C)C. The van der Waals surface area contributed by atoms with E-state index in [1.165, 1.54) is 6.08 Å². The minimum Gasteiger partial charge on any atom is -0.445 e. The van der Waals surface area contributed by atoms with Crippen molar-refractivity contribution in [2.24, 2.45) is 0 Å². The Morgan fingerprint density at radius 1 is 1.29 bits per heavy atom. The van der Waals surface area contributed by atoms with Gasteiger partial charge in [-0.15, -0.1) is 0 Å². The molecule has 0 aliphatic rings. The van der Waals surface area contributed by atoms with Gasteiger partial charge in [0.1, 0.15) is 18.5 Å². The molecule has 0 saturated carbocycles. The lowest BCUT2D eigenvalue weighted by atomic mass is 10.2. The first-order valence-electron chi connectivity index (χ1n) is 6.75. The number of amides is 2. The molecule has 0 heterocycles. The summed E-state index contributed by atoms with van der Waals surface area (Å²) in [5.74, 6) is 0. The largest absolute Gasteiger partial charge is 0.445 e. The quantitative estimate of drug-likeness (QED) is 0.405. The molecule has 7 heteroatoms. The van der Waals surface area contributed by atoms with Crippen molar-refractivity contribution in [1.29, 1.82) is 0 Å². The molecule has 0 saturated heterocycles. The zero-order valence-corrected chi connectivity index (χ0v) is 12.8. The van der Waals surface area contributed by atoms with E-state index < -0.39 is 23.8 Å². The predicted octanol–water partition coefficient (Wildman–Crippen LogP) is 1.77. The fraction of sp³-hybridized carbons (Fsp3) is 0.643. The van der Waals surface area contributed by atoms with E-state index in [1.807, 2.05) is 0 Å². The highest BCUT2D eigenvalue weighted by atomic mass is 16.6. The first-order chi connectivity index (χ1) is 9.78.